The Hall–Kier alpha value is -3.27. The summed E-state index contributed by atoms with van der Waals surface area (Å²) in [4.78, 5) is 20.9. The number of anilines is 3. The van der Waals surface area contributed by atoms with Crippen molar-refractivity contribution >= 4 is 28.7 Å². The average molecular weight is 411 g/mol. The Labute approximate surface area is 171 Å². The molecule has 2 saturated carbocycles. The summed E-state index contributed by atoms with van der Waals surface area (Å²) in [6, 6.07) is 3.53. The van der Waals surface area contributed by atoms with Crippen LogP contribution in [0.15, 0.2) is 30.7 Å². The number of hydrogen-bond acceptors (Lipinski definition) is 7. The largest absolute Gasteiger partial charge is 0.391 e. The lowest BCUT2D eigenvalue weighted by Gasteiger charge is -2.18. The van der Waals surface area contributed by atoms with Crippen molar-refractivity contribution in [1.82, 2.24) is 19.6 Å². The van der Waals surface area contributed by atoms with Gasteiger partial charge in [-0.25, -0.2) is 13.9 Å². The fourth-order valence-electron chi connectivity index (χ4n) is 3.71. The third-order valence-electron chi connectivity index (χ3n) is 5.47. The summed E-state index contributed by atoms with van der Waals surface area (Å²) in [6.45, 7) is 0. The summed E-state index contributed by atoms with van der Waals surface area (Å²) in [5, 5.41) is 23.9. The van der Waals surface area contributed by atoms with E-state index in [0.29, 0.717) is 17.5 Å². The SMILES string of the molecule is O=C(Nc1ccncc1F)c1cnc2c(NC3CC3)cc(N[C@H]3CCC[C@@H]3O)nn12. The number of pyridine rings is 1. The molecule has 0 saturated heterocycles. The normalized spacial score (nSPS) is 21.0. The van der Waals surface area contributed by atoms with E-state index in [4.69, 9.17) is 0 Å². The molecular formula is C20H22FN7O2. The van der Waals surface area contributed by atoms with Gasteiger partial charge in [-0.15, -0.1) is 5.10 Å². The van der Waals surface area contributed by atoms with Crippen molar-refractivity contribution in [2.24, 2.45) is 0 Å². The van der Waals surface area contributed by atoms with Gasteiger partial charge in [-0.3, -0.25) is 9.78 Å². The molecular weight excluding hydrogens is 389 g/mol. The quantitative estimate of drug-likeness (QED) is 0.492. The van der Waals surface area contributed by atoms with Crippen molar-refractivity contribution in [3.05, 3.63) is 42.2 Å². The first-order chi connectivity index (χ1) is 14.6. The molecule has 0 aliphatic heterocycles. The molecule has 156 valence electrons. The van der Waals surface area contributed by atoms with Crippen LogP contribution in [0.2, 0.25) is 0 Å². The number of aliphatic hydroxyl groups excluding tert-OH is 1. The molecule has 3 heterocycles. The Morgan fingerprint density at radius 3 is 2.77 bits per heavy atom. The maximum Gasteiger partial charge on any atom is 0.276 e. The molecule has 2 aliphatic carbocycles. The fourth-order valence-corrected chi connectivity index (χ4v) is 3.71. The highest BCUT2D eigenvalue weighted by Crippen LogP contribution is 2.30. The minimum atomic E-state index is -0.624. The molecule has 3 aromatic heterocycles. The third-order valence-corrected chi connectivity index (χ3v) is 5.47. The van der Waals surface area contributed by atoms with Crippen molar-refractivity contribution in [1.29, 1.82) is 0 Å². The van der Waals surface area contributed by atoms with Crippen LogP contribution in [0, 0.1) is 5.82 Å². The van der Waals surface area contributed by atoms with Gasteiger partial charge >= 0.3 is 0 Å². The highest BCUT2D eigenvalue weighted by atomic mass is 19.1. The van der Waals surface area contributed by atoms with Gasteiger partial charge in [-0.2, -0.15) is 0 Å². The van der Waals surface area contributed by atoms with Crippen molar-refractivity contribution < 1.29 is 14.3 Å². The van der Waals surface area contributed by atoms with Crippen LogP contribution in [-0.2, 0) is 0 Å². The van der Waals surface area contributed by atoms with Crippen LogP contribution in [0.4, 0.5) is 21.6 Å². The van der Waals surface area contributed by atoms with Crippen molar-refractivity contribution in [3.63, 3.8) is 0 Å². The number of carbonyl (C=O) groups is 1. The summed E-state index contributed by atoms with van der Waals surface area (Å²) in [5.74, 6) is -0.615. The fraction of sp³-hybridized carbons (Fsp3) is 0.400. The second kappa shape index (κ2) is 7.52. The topological polar surface area (TPSA) is 116 Å². The van der Waals surface area contributed by atoms with Crippen LogP contribution in [0.1, 0.15) is 42.6 Å². The van der Waals surface area contributed by atoms with E-state index in [1.807, 2.05) is 6.07 Å². The standard InChI is InChI=1S/C20H22FN7O2/c21-12-9-22-7-6-13(12)26-20(30)16-10-23-19-15(24-11-4-5-11)8-18(27-28(16)19)25-14-2-1-3-17(14)29/h6-11,14,17,24,29H,1-5H2,(H,25,27)(H,22,26,30)/t14-,17-/m0/s1. The predicted molar refractivity (Wildman–Crippen MR) is 109 cm³/mol. The first-order valence-electron chi connectivity index (χ1n) is 10.1. The summed E-state index contributed by atoms with van der Waals surface area (Å²) in [7, 11) is 0. The Kier molecular flexibility index (Phi) is 4.70. The molecule has 4 N–H and O–H groups in total. The molecule has 2 atom stereocenters. The maximum atomic E-state index is 13.9. The number of carbonyl (C=O) groups excluding carboxylic acids is 1. The van der Waals surface area contributed by atoms with Gasteiger partial charge in [0.2, 0.25) is 0 Å². The number of nitrogens with zero attached hydrogens (tertiary/aromatic N) is 4. The molecule has 1 amide bonds. The van der Waals surface area contributed by atoms with Gasteiger partial charge in [0.15, 0.2) is 17.2 Å². The molecule has 30 heavy (non-hydrogen) atoms. The minimum Gasteiger partial charge on any atom is -0.391 e. The predicted octanol–water partition coefficient (Wildman–Crippen LogP) is 2.42. The molecule has 9 nitrogen and oxygen atoms in total. The molecule has 0 bridgehead atoms. The number of aliphatic hydroxyl groups is 1. The van der Waals surface area contributed by atoms with E-state index >= 15 is 0 Å². The zero-order chi connectivity index (χ0) is 20.7. The van der Waals surface area contributed by atoms with E-state index in [-0.39, 0.29) is 17.4 Å². The smallest absolute Gasteiger partial charge is 0.276 e. The van der Waals surface area contributed by atoms with E-state index in [1.165, 1.54) is 23.0 Å². The molecule has 0 radical (unpaired) electrons. The van der Waals surface area contributed by atoms with Crippen LogP contribution in [0.5, 0.6) is 0 Å². The Morgan fingerprint density at radius 1 is 1.17 bits per heavy atom. The van der Waals surface area contributed by atoms with Gasteiger partial charge in [0.05, 0.1) is 35.9 Å². The first-order valence-corrected chi connectivity index (χ1v) is 10.1. The minimum absolute atomic E-state index is 0.0321. The highest BCUT2D eigenvalue weighted by Gasteiger charge is 2.27. The third kappa shape index (κ3) is 3.65. The van der Waals surface area contributed by atoms with Gasteiger partial charge < -0.3 is 21.1 Å². The van der Waals surface area contributed by atoms with Crippen LogP contribution >= 0.6 is 0 Å². The van der Waals surface area contributed by atoms with Crippen LogP contribution < -0.4 is 16.0 Å². The maximum absolute atomic E-state index is 13.9. The number of hydrogen-bond donors (Lipinski definition) is 4. The summed E-state index contributed by atoms with van der Waals surface area (Å²) >= 11 is 0. The number of aromatic nitrogens is 4. The summed E-state index contributed by atoms with van der Waals surface area (Å²) in [6.07, 6.45) is 8.14. The number of rotatable bonds is 6. The molecule has 0 unspecified atom stereocenters. The van der Waals surface area contributed by atoms with Gasteiger partial charge in [-0.1, -0.05) is 0 Å². The molecule has 2 fully saturated rings. The zero-order valence-electron chi connectivity index (χ0n) is 16.2. The molecule has 2 aliphatic rings. The molecule has 10 heteroatoms. The lowest BCUT2D eigenvalue weighted by molar-refractivity contribution is 0.102. The lowest BCUT2D eigenvalue weighted by atomic mass is 10.2. The van der Waals surface area contributed by atoms with E-state index in [2.05, 4.69) is 31.0 Å². The molecule has 0 aromatic carbocycles. The van der Waals surface area contributed by atoms with E-state index in [1.54, 1.807) is 0 Å². The first kappa shape index (κ1) is 18.7. The zero-order valence-corrected chi connectivity index (χ0v) is 16.2. The molecule has 3 aromatic rings. The Bertz CT molecular complexity index is 1100. The van der Waals surface area contributed by atoms with Crippen molar-refractivity contribution in [3.8, 4) is 0 Å². The number of halogens is 1. The van der Waals surface area contributed by atoms with E-state index in [9.17, 15) is 14.3 Å². The number of nitrogens with one attached hydrogen (secondary N) is 3. The van der Waals surface area contributed by atoms with E-state index < -0.39 is 17.8 Å². The highest BCUT2D eigenvalue weighted by molar-refractivity contribution is 6.03. The van der Waals surface area contributed by atoms with Gasteiger partial charge in [0.1, 0.15) is 5.82 Å². The summed E-state index contributed by atoms with van der Waals surface area (Å²) in [5.41, 5.74) is 1.48. The van der Waals surface area contributed by atoms with Crippen molar-refractivity contribution in [2.45, 2.75) is 50.3 Å². The van der Waals surface area contributed by atoms with Gasteiger partial charge in [0, 0.05) is 18.3 Å². The number of amides is 1. The van der Waals surface area contributed by atoms with Gasteiger partial charge in [0.25, 0.3) is 5.91 Å². The monoisotopic (exact) mass is 411 g/mol. The Balaban J connectivity index is 1.49. The lowest BCUT2D eigenvalue weighted by Crippen LogP contribution is -2.29. The Morgan fingerprint density at radius 2 is 2.03 bits per heavy atom. The average Bonchev–Trinajstić information content (AvgIpc) is 3.29. The molecule has 5 rings (SSSR count). The summed E-state index contributed by atoms with van der Waals surface area (Å²) < 4.78 is 15.3. The number of imidazole rings is 1. The van der Waals surface area contributed by atoms with Crippen molar-refractivity contribution in [2.75, 3.05) is 16.0 Å². The van der Waals surface area contributed by atoms with Crippen LogP contribution in [0.3, 0.4) is 0 Å². The van der Waals surface area contributed by atoms with Gasteiger partial charge in [-0.05, 0) is 38.2 Å². The van der Waals surface area contributed by atoms with Crippen LogP contribution in [0.25, 0.3) is 5.65 Å². The second-order valence-corrected chi connectivity index (χ2v) is 7.80. The second-order valence-electron chi connectivity index (χ2n) is 7.80. The van der Waals surface area contributed by atoms with E-state index in [0.717, 1.165) is 44.0 Å². The number of fused-ring (bicyclic) bond motifs is 1. The molecule has 0 spiro atoms. The van der Waals surface area contributed by atoms with Crippen LogP contribution in [-0.4, -0.2) is 48.8 Å².